The summed E-state index contributed by atoms with van der Waals surface area (Å²) in [5.74, 6) is -2.51. The van der Waals surface area contributed by atoms with E-state index < -0.39 is 11.9 Å². The Morgan fingerprint density at radius 1 is 1.21 bits per heavy atom. The Balaban J connectivity index is 2.28. The molecule has 0 amide bonds. The van der Waals surface area contributed by atoms with Crippen LogP contribution in [-0.2, 0) is 16.0 Å². The second-order valence-electron chi connectivity index (χ2n) is 4.73. The third kappa shape index (κ3) is 3.02. The molecule has 100 valence electrons. The number of ketones is 1. The van der Waals surface area contributed by atoms with Crippen molar-refractivity contribution < 1.29 is 19.8 Å². The number of aliphatic hydroxyl groups is 1. The fourth-order valence-corrected chi connectivity index (χ4v) is 2.40. The Hall–Kier alpha value is -2.10. The van der Waals surface area contributed by atoms with Gasteiger partial charge in [-0.15, -0.1) is 0 Å². The lowest BCUT2D eigenvalue weighted by atomic mass is 9.84. The number of allylic oxidation sites excluding steroid dienone is 1. The van der Waals surface area contributed by atoms with E-state index in [1.807, 2.05) is 30.3 Å². The van der Waals surface area contributed by atoms with E-state index >= 15 is 0 Å². The molecule has 19 heavy (non-hydrogen) atoms. The van der Waals surface area contributed by atoms with Crippen molar-refractivity contribution in [3.8, 4) is 0 Å². The summed E-state index contributed by atoms with van der Waals surface area (Å²) in [6, 6.07) is 9.24. The third-order valence-corrected chi connectivity index (χ3v) is 3.42. The zero-order chi connectivity index (χ0) is 13.8. The van der Waals surface area contributed by atoms with Crippen LogP contribution in [0, 0.1) is 5.92 Å². The first-order chi connectivity index (χ1) is 9.09. The fourth-order valence-electron chi connectivity index (χ4n) is 2.40. The van der Waals surface area contributed by atoms with Crippen molar-refractivity contribution >= 4 is 11.8 Å². The van der Waals surface area contributed by atoms with E-state index in [1.54, 1.807) is 0 Å². The van der Waals surface area contributed by atoms with Gasteiger partial charge in [-0.05, 0) is 30.4 Å². The highest BCUT2D eigenvalue weighted by Crippen LogP contribution is 2.29. The number of aliphatic carboxylic acids is 1. The van der Waals surface area contributed by atoms with Gasteiger partial charge >= 0.3 is 5.97 Å². The number of carbonyl (C=O) groups excluding carboxylic acids is 1. The molecule has 0 saturated carbocycles. The lowest BCUT2D eigenvalue weighted by molar-refractivity contribution is -0.140. The molecule has 0 aromatic heterocycles. The summed E-state index contributed by atoms with van der Waals surface area (Å²) in [7, 11) is 0. The van der Waals surface area contributed by atoms with Crippen LogP contribution < -0.4 is 0 Å². The maximum Gasteiger partial charge on any atom is 0.311 e. The molecule has 0 fully saturated rings. The van der Waals surface area contributed by atoms with Gasteiger partial charge in [-0.25, -0.2) is 0 Å². The predicted molar refractivity (Wildman–Crippen MR) is 69.8 cm³/mol. The second kappa shape index (κ2) is 5.69. The van der Waals surface area contributed by atoms with Crippen LogP contribution in [0.1, 0.15) is 24.8 Å². The summed E-state index contributed by atoms with van der Waals surface area (Å²) >= 11 is 0. The van der Waals surface area contributed by atoms with Crippen molar-refractivity contribution in [1.29, 1.82) is 0 Å². The van der Waals surface area contributed by atoms with Crippen LogP contribution in [0.25, 0.3) is 0 Å². The van der Waals surface area contributed by atoms with Gasteiger partial charge in [-0.2, -0.15) is 0 Å². The van der Waals surface area contributed by atoms with E-state index in [4.69, 9.17) is 0 Å². The van der Waals surface area contributed by atoms with Gasteiger partial charge < -0.3 is 10.2 Å². The summed E-state index contributed by atoms with van der Waals surface area (Å²) in [5, 5.41) is 19.1. The highest BCUT2D eigenvalue weighted by atomic mass is 16.4. The Morgan fingerprint density at radius 2 is 1.89 bits per heavy atom. The van der Waals surface area contributed by atoms with E-state index in [1.165, 1.54) is 0 Å². The van der Waals surface area contributed by atoms with E-state index in [-0.39, 0.29) is 11.5 Å². The summed E-state index contributed by atoms with van der Waals surface area (Å²) in [4.78, 5) is 22.9. The van der Waals surface area contributed by atoms with E-state index in [0.717, 1.165) is 5.56 Å². The van der Waals surface area contributed by atoms with Crippen LogP contribution in [0.15, 0.2) is 41.7 Å². The zero-order valence-corrected chi connectivity index (χ0v) is 10.5. The lowest BCUT2D eigenvalue weighted by Gasteiger charge is -2.21. The number of Topliss-reactive ketones (excluding diaryl/α,β-unsaturated/α-hetero) is 1. The molecule has 1 unspecified atom stereocenters. The Bertz CT molecular complexity index is 516. The number of hydrogen-bond acceptors (Lipinski definition) is 3. The molecule has 1 aromatic carbocycles. The minimum Gasteiger partial charge on any atom is -0.504 e. The number of carboxylic acid groups (broad SMARTS) is 1. The number of carboxylic acids is 1. The smallest absolute Gasteiger partial charge is 0.311 e. The molecule has 4 heteroatoms. The van der Waals surface area contributed by atoms with Gasteiger partial charge in [0, 0.05) is 6.42 Å². The quantitative estimate of drug-likeness (QED) is 0.872. The van der Waals surface area contributed by atoms with E-state index in [2.05, 4.69) is 0 Å². The van der Waals surface area contributed by atoms with Gasteiger partial charge in [0.2, 0.25) is 0 Å². The molecule has 1 aliphatic rings. The Kier molecular flexibility index (Phi) is 4.00. The largest absolute Gasteiger partial charge is 0.504 e. The molecular formula is C15H16O4. The standard InChI is InChI=1S/C15H16O4/c16-13-8-4-7-11(14(13)17)12(15(18)19)9-10-5-2-1-3-6-10/h1-3,5-6,12,17H,4,7-9H2,(H,18,19). The van der Waals surface area contributed by atoms with Crippen LogP contribution >= 0.6 is 0 Å². The summed E-state index contributed by atoms with van der Waals surface area (Å²) in [5.41, 5.74) is 1.25. The molecular weight excluding hydrogens is 244 g/mol. The Labute approximate surface area is 111 Å². The highest BCUT2D eigenvalue weighted by Gasteiger charge is 2.30. The first kappa shape index (κ1) is 13.3. The molecule has 0 saturated heterocycles. The number of rotatable bonds is 4. The van der Waals surface area contributed by atoms with Crippen LogP contribution in [-0.4, -0.2) is 22.0 Å². The minimum atomic E-state index is -1.000. The maximum absolute atomic E-state index is 11.5. The molecule has 4 nitrogen and oxygen atoms in total. The molecule has 1 aliphatic carbocycles. The minimum absolute atomic E-state index is 0.294. The molecule has 1 aromatic rings. The number of benzene rings is 1. The predicted octanol–water partition coefficient (Wildman–Crippen LogP) is 2.50. The van der Waals surface area contributed by atoms with Crippen molar-refractivity contribution in [2.45, 2.75) is 25.7 Å². The topological polar surface area (TPSA) is 74.6 Å². The van der Waals surface area contributed by atoms with Gasteiger partial charge in [-0.1, -0.05) is 30.3 Å². The van der Waals surface area contributed by atoms with Gasteiger partial charge in [0.25, 0.3) is 0 Å². The van der Waals surface area contributed by atoms with Gasteiger partial charge in [0.1, 0.15) is 0 Å². The first-order valence-corrected chi connectivity index (χ1v) is 6.31. The van der Waals surface area contributed by atoms with E-state index in [9.17, 15) is 19.8 Å². The average Bonchev–Trinajstić information content (AvgIpc) is 2.40. The highest BCUT2D eigenvalue weighted by molar-refractivity contribution is 5.95. The molecule has 0 spiro atoms. The first-order valence-electron chi connectivity index (χ1n) is 6.31. The van der Waals surface area contributed by atoms with E-state index in [0.29, 0.717) is 31.3 Å². The molecule has 0 heterocycles. The number of aliphatic hydroxyl groups excluding tert-OH is 1. The number of carbonyl (C=O) groups is 2. The van der Waals surface area contributed by atoms with Crippen LogP contribution in [0.2, 0.25) is 0 Å². The van der Waals surface area contributed by atoms with Gasteiger partial charge in [-0.3, -0.25) is 9.59 Å². The summed E-state index contributed by atoms with van der Waals surface area (Å²) in [6.07, 6.45) is 1.67. The zero-order valence-electron chi connectivity index (χ0n) is 10.5. The fraction of sp³-hybridized carbons (Fsp3) is 0.333. The second-order valence-corrected chi connectivity index (χ2v) is 4.73. The SMILES string of the molecule is O=C1CCCC(C(Cc2ccccc2)C(=O)O)=C1O. The van der Waals surface area contributed by atoms with Crippen LogP contribution in [0.3, 0.4) is 0 Å². The van der Waals surface area contributed by atoms with Crippen molar-refractivity contribution in [2.75, 3.05) is 0 Å². The van der Waals surface area contributed by atoms with Gasteiger partial charge in [0.15, 0.2) is 11.5 Å². The summed E-state index contributed by atoms with van der Waals surface area (Å²) in [6.45, 7) is 0. The van der Waals surface area contributed by atoms with Crippen molar-refractivity contribution in [3.05, 3.63) is 47.2 Å². The van der Waals surface area contributed by atoms with Crippen molar-refractivity contribution in [1.82, 2.24) is 0 Å². The molecule has 0 radical (unpaired) electrons. The average molecular weight is 260 g/mol. The van der Waals surface area contributed by atoms with Crippen LogP contribution in [0.4, 0.5) is 0 Å². The Morgan fingerprint density at radius 3 is 2.53 bits per heavy atom. The van der Waals surface area contributed by atoms with Crippen LogP contribution in [0.5, 0.6) is 0 Å². The molecule has 2 rings (SSSR count). The summed E-state index contributed by atoms with van der Waals surface area (Å²) < 4.78 is 0. The number of hydrogen-bond donors (Lipinski definition) is 2. The maximum atomic E-state index is 11.5. The van der Waals surface area contributed by atoms with Gasteiger partial charge in [0.05, 0.1) is 5.92 Å². The third-order valence-electron chi connectivity index (χ3n) is 3.42. The van der Waals surface area contributed by atoms with Crippen molar-refractivity contribution in [2.24, 2.45) is 5.92 Å². The normalized spacial score (nSPS) is 17.4. The molecule has 1 atom stereocenters. The molecule has 0 aliphatic heterocycles. The molecule has 2 N–H and O–H groups in total. The molecule has 0 bridgehead atoms. The van der Waals surface area contributed by atoms with Crippen molar-refractivity contribution in [3.63, 3.8) is 0 Å². The lowest BCUT2D eigenvalue weighted by Crippen LogP contribution is -2.24. The monoisotopic (exact) mass is 260 g/mol.